The lowest BCUT2D eigenvalue weighted by Gasteiger charge is -2.20. The van der Waals surface area contributed by atoms with Crippen molar-refractivity contribution in [2.24, 2.45) is 0 Å². The third-order valence-electron chi connectivity index (χ3n) is 2.72. The number of pyridine rings is 1. The number of anilines is 1. The number of rotatable bonds is 3. The first kappa shape index (κ1) is 12.3. The summed E-state index contributed by atoms with van der Waals surface area (Å²) >= 11 is 3.48. The predicted molar refractivity (Wildman–Crippen MR) is 74.5 cm³/mol. The Kier molecular flexibility index (Phi) is 3.64. The fraction of sp³-hybridized carbons (Fsp3) is 0.308. The quantitative estimate of drug-likeness (QED) is 0.946. The molecule has 0 saturated heterocycles. The second kappa shape index (κ2) is 5.02. The van der Waals surface area contributed by atoms with Crippen LogP contribution in [-0.4, -0.2) is 30.3 Å². The van der Waals surface area contributed by atoms with Gasteiger partial charge in [-0.1, -0.05) is 15.9 Å². The number of fused-ring (bicyclic) bond motifs is 1. The van der Waals surface area contributed by atoms with E-state index in [4.69, 9.17) is 5.11 Å². The Hall–Kier alpha value is -1.13. The molecule has 2 rings (SSSR count). The van der Waals surface area contributed by atoms with Crippen LogP contribution in [0.1, 0.15) is 5.69 Å². The summed E-state index contributed by atoms with van der Waals surface area (Å²) in [5, 5.41) is 10.1. The van der Waals surface area contributed by atoms with E-state index in [0.717, 1.165) is 26.8 Å². The van der Waals surface area contributed by atoms with Gasteiger partial charge in [-0.2, -0.15) is 0 Å². The number of hydrogen-bond donors (Lipinski definition) is 1. The number of aryl methyl sites for hydroxylation is 1. The maximum Gasteiger partial charge on any atom is 0.0726 e. The lowest BCUT2D eigenvalue weighted by atomic mass is 10.1. The Balaban J connectivity index is 2.63. The van der Waals surface area contributed by atoms with Crippen LogP contribution in [0.2, 0.25) is 0 Å². The van der Waals surface area contributed by atoms with Crippen molar-refractivity contribution in [3.8, 4) is 0 Å². The van der Waals surface area contributed by atoms with E-state index in [1.54, 1.807) is 0 Å². The van der Waals surface area contributed by atoms with Gasteiger partial charge in [0.05, 0.1) is 12.1 Å². The van der Waals surface area contributed by atoms with E-state index in [2.05, 4.69) is 27.0 Å². The van der Waals surface area contributed by atoms with E-state index in [9.17, 15) is 0 Å². The smallest absolute Gasteiger partial charge is 0.0726 e. The zero-order valence-electron chi connectivity index (χ0n) is 9.94. The highest BCUT2D eigenvalue weighted by molar-refractivity contribution is 9.10. The minimum absolute atomic E-state index is 0.146. The Morgan fingerprint density at radius 2 is 2.12 bits per heavy atom. The van der Waals surface area contributed by atoms with Gasteiger partial charge in [0.25, 0.3) is 0 Å². The average Bonchev–Trinajstić information content (AvgIpc) is 2.29. The third-order valence-corrected chi connectivity index (χ3v) is 3.22. The van der Waals surface area contributed by atoms with E-state index in [-0.39, 0.29) is 6.61 Å². The van der Waals surface area contributed by atoms with Crippen molar-refractivity contribution in [3.63, 3.8) is 0 Å². The number of aliphatic hydroxyl groups excluding tert-OH is 1. The zero-order chi connectivity index (χ0) is 12.4. The summed E-state index contributed by atoms with van der Waals surface area (Å²) in [7, 11) is 1.98. The molecule has 0 spiro atoms. The van der Waals surface area contributed by atoms with Gasteiger partial charge in [-0.05, 0) is 31.2 Å². The molecule has 1 aromatic heterocycles. The Morgan fingerprint density at radius 1 is 1.35 bits per heavy atom. The van der Waals surface area contributed by atoms with Gasteiger partial charge in [0.2, 0.25) is 0 Å². The standard InChI is InChI=1S/C13H15BrN2O/c1-9-7-13(16(2)5-6-17)11-8-10(14)3-4-12(11)15-9/h3-4,7-8,17H,5-6H2,1-2H3. The van der Waals surface area contributed by atoms with Crippen LogP contribution in [0.15, 0.2) is 28.7 Å². The van der Waals surface area contributed by atoms with Crippen molar-refractivity contribution in [2.75, 3.05) is 25.1 Å². The molecule has 0 fully saturated rings. The zero-order valence-corrected chi connectivity index (χ0v) is 11.5. The van der Waals surface area contributed by atoms with Crippen LogP contribution in [0.25, 0.3) is 10.9 Å². The van der Waals surface area contributed by atoms with Crippen molar-refractivity contribution in [1.82, 2.24) is 4.98 Å². The van der Waals surface area contributed by atoms with Crippen LogP contribution in [0, 0.1) is 6.92 Å². The second-order valence-corrected chi connectivity index (χ2v) is 5.01. The summed E-state index contributed by atoms with van der Waals surface area (Å²) in [5.41, 5.74) is 3.07. The summed E-state index contributed by atoms with van der Waals surface area (Å²) < 4.78 is 1.04. The van der Waals surface area contributed by atoms with Crippen LogP contribution in [0.3, 0.4) is 0 Å². The molecule has 3 nitrogen and oxygen atoms in total. The van der Waals surface area contributed by atoms with E-state index < -0.39 is 0 Å². The topological polar surface area (TPSA) is 36.4 Å². The van der Waals surface area contributed by atoms with Crippen LogP contribution < -0.4 is 4.90 Å². The lowest BCUT2D eigenvalue weighted by Crippen LogP contribution is -2.21. The number of nitrogens with zero attached hydrogens (tertiary/aromatic N) is 2. The van der Waals surface area contributed by atoms with Gasteiger partial charge in [-0.15, -0.1) is 0 Å². The molecule has 1 heterocycles. The molecule has 90 valence electrons. The molecular weight excluding hydrogens is 280 g/mol. The molecule has 0 unspecified atom stereocenters. The van der Waals surface area contributed by atoms with Gasteiger partial charge in [0.1, 0.15) is 0 Å². The molecule has 0 aliphatic heterocycles. The summed E-state index contributed by atoms with van der Waals surface area (Å²) in [6.07, 6.45) is 0. The van der Waals surface area contributed by atoms with Crippen molar-refractivity contribution >= 4 is 32.5 Å². The van der Waals surface area contributed by atoms with Crippen LogP contribution in [0.5, 0.6) is 0 Å². The molecule has 1 aromatic carbocycles. The molecule has 17 heavy (non-hydrogen) atoms. The van der Waals surface area contributed by atoms with E-state index in [1.165, 1.54) is 0 Å². The van der Waals surface area contributed by atoms with Gasteiger partial charge in [0, 0.05) is 34.8 Å². The highest BCUT2D eigenvalue weighted by Gasteiger charge is 2.08. The maximum absolute atomic E-state index is 9.03. The minimum Gasteiger partial charge on any atom is -0.395 e. The number of halogens is 1. The molecular formula is C13H15BrN2O. The summed E-state index contributed by atoms with van der Waals surface area (Å²) in [4.78, 5) is 6.56. The average molecular weight is 295 g/mol. The molecule has 0 radical (unpaired) electrons. The normalized spacial score (nSPS) is 10.8. The minimum atomic E-state index is 0.146. The van der Waals surface area contributed by atoms with E-state index in [0.29, 0.717) is 6.54 Å². The van der Waals surface area contributed by atoms with Gasteiger partial charge in [-0.25, -0.2) is 0 Å². The Morgan fingerprint density at radius 3 is 2.82 bits per heavy atom. The van der Waals surface area contributed by atoms with E-state index in [1.807, 2.05) is 37.1 Å². The SMILES string of the molecule is Cc1cc(N(C)CCO)c2cc(Br)ccc2n1. The van der Waals surface area contributed by atoms with Crippen LogP contribution in [0.4, 0.5) is 5.69 Å². The molecule has 0 amide bonds. The first-order valence-corrected chi connectivity index (χ1v) is 6.30. The molecule has 0 aliphatic carbocycles. The number of hydrogen-bond acceptors (Lipinski definition) is 3. The largest absolute Gasteiger partial charge is 0.395 e. The van der Waals surface area contributed by atoms with Crippen molar-refractivity contribution in [1.29, 1.82) is 0 Å². The summed E-state index contributed by atoms with van der Waals surface area (Å²) in [6, 6.07) is 8.10. The summed E-state index contributed by atoms with van der Waals surface area (Å²) in [6.45, 7) is 2.75. The molecule has 2 aromatic rings. The first-order chi connectivity index (χ1) is 8.11. The molecule has 0 atom stereocenters. The van der Waals surface area contributed by atoms with Gasteiger partial charge >= 0.3 is 0 Å². The Labute approximate surface area is 109 Å². The van der Waals surface area contributed by atoms with Crippen molar-refractivity contribution in [2.45, 2.75) is 6.92 Å². The number of likely N-dealkylation sites (N-methyl/N-ethyl adjacent to an activating group) is 1. The first-order valence-electron chi connectivity index (χ1n) is 5.50. The predicted octanol–water partition coefficient (Wildman–Crippen LogP) is 2.73. The summed E-state index contributed by atoms with van der Waals surface area (Å²) in [5.74, 6) is 0. The molecule has 0 aliphatic rings. The Bertz CT molecular complexity index is 542. The molecule has 4 heteroatoms. The highest BCUT2D eigenvalue weighted by Crippen LogP contribution is 2.28. The van der Waals surface area contributed by atoms with Crippen molar-refractivity contribution < 1.29 is 5.11 Å². The molecule has 0 bridgehead atoms. The monoisotopic (exact) mass is 294 g/mol. The van der Waals surface area contributed by atoms with Gasteiger partial charge < -0.3 is 10.0 Å². The van der Waals surface area contributed by atoms with Crippen LogP contribution >= 0.6 is 15.9 Å². The van der Waals surface area contributed by atoms with Crippen molar-refractivity contribution in [3.05, 3.63) is 34.4 Å². The fourth-order valence-corrected chi connectivity index (χ4v) is 2.26. The van der Waals surface area contributed by atoms with Gasteiger partial charge in [-0.3, -0.25) is 4.98 Å². The fourth-order valence-electron chi connectivity index (χ4n) is 1.90. The molecule has 1 N–H and O–H groups in total. The highest BCUT2D eigenvalue weighted by atomic mass is 79.9. The number of aromatic nitrogens is 1. The number of benzene rings is 1. The van der Waals surface area contributed by atoms with E-state index >= 15 is 0 Å². The maximum atomic E-state index is 9.03. The third kappa shape index (κ3) is 2.58. The number of aliphatic hydroxyl groups is 1. The second-order valence-electron chi connectivity index (χ2n) is 4.09. The lowest BCUT2D eigenvalue weighted by molar-refractivity contribution is 0.304. The van der Waals surface area contributed by atoms with Gasteiger partial charge in [0.15, 0.2) is 0 Å². The molecule has 0 saturated carbocycles. The van der Waals surface area contributed by atoms with Crippen LogP contribution in [-0.2, 0) is 0 Å².